The number of aromatic nitrogens is 1. The number of ether oxygens (including phenoxy) is 1. The van der Waals surface area contributed by atoms with Crippen LogP contribution in [0.1, 0.15) is 27.2 Å². The molecule has 0 radical (unpaired) electrons. The number of nitrogens with one attached hydrogen (secondary N) is 2. The van der Waals surface area contributed by atoms with Crippen molar-refractivity contribution in [2.45, 2.75) is 13.5 Å². The van der Waals surface area contributed by atoms with Gasteiger partial charge in [-0.1, -0.05) is 71.7 Å². The van der Waals surface area contributed by atoms with Crippen LogP contribution >= 0.6 is 23.2 Å². The number of para-hydroxylation sites is 1. The number of carbonyl (C=O) groups is 3. The van der Waals surface area contributed by atoms with Crippen molar-refractivity contribution in [1.82, 2.24) is 10.3 Å². The maximum absolute atomic E-state index is 13.0. The molecule has 0 atom stereocenters. The fourth-order valence-electron chi connectivity index (χ4n) is 4.58. The van der Waals surface area contributed by atoms with Crippen molar-refractivity contribution >= 4 is 69.3 Å². The van der Waals surface area contributed by atoms with E-state index in [1.165, 1.54) is 11.0 Å². The highest BCUT2D eigenvalue weighted by Crippen LogP contribution is 2.35. The lowest BCUT2D eigenvalue weighted by Crippen LogP contribution is -2.37. The van der Waals surface area contributed by atoms with Gasteiger partial charge in [-0.25, -0.2) is 4.98 Å². The fourth-order valence-corrected chi connectivity index (χ4v) is 5.18. The van der Waals surface area contributed by atoms with Gasteiger partial charge >= 0.3 is 0 Å². The lowest BCUT2D eigenvalue weighted by Gasteiger charge is -2.21. The largest absolute Gasteiger partial charge is 0.487 e. The van der Waals surface area contributed by atoms with E-state index < -0.39 is 5.91 Å². The third-order valence-corrected chi connectivity index (χ3v) is 7.92. The van der Waals surface area contributed by atoms with Gasteiger partial charge in [0.2, 0.25) is 11.8 Å². The molecule has 0 unspecified atom stereocenters. The molecule has 1 heterocycles. The van der Waals surface area contributed by atoms with Gasteiger partial charge in [0.05, 0.1) is 17.3 Å². The molecular formula is C36H30Cl2N4O4. The molecule has 0 saturated heterocycles. The van der Waals surface area contributed by atoms with Crippen LogP contribution in [0.5, 0.6) is 5.75 Å². The second-order valence-corrected chi connectivity index (χ2v) is 11.2. The zero-order valence-corrected chi connectivity index (χ0v) is 26.6. The van der Waals surface area contributed by atoms with Gasteiger partial charge in [0.15, 0.2) is 0 Å². The summed E-state index contributed by atoms with van der Waals surface area (Å²) in [6.45, 7) is 1.72. The van der Waals surface area contributed by atoms with Crippen LogP contribution in [-0.2, 0) is 16.2 Å². The van der Waals surface area contributed by atoms with E-state index in [-0.39, 0.29) is 30.0 Å². The highest BCUT2D eigenvalue weighted by atomic mass is 35.5. The van der Waals surface area contributed by atoms with Crippen molar-refractivity contribution in [3.63, 3.8) is 0 Å². The number of halogens is 2. The number of anilines is 2. The van der Waals surface area contributed by atoms with Crippen molar-refractivity contribution in [2.24, 2.45) is 0 Å². The summed E-state index contributed by atoms with van der Waals surface area (Å²) in [5.41, 5.74) is 4.46. The molecule has 2 N–H and O–H groups in total. The van der Waals surface area contributed by atoms with Crippen molar-refractivity contribution in [1.29, 1.82) is 0 Å². The van der Waals surface area contributed by atoms with Crippen molar-refractivity contribution < 1.29 is 19.1 Å². The Morgan fingerprint density at radius 2 is 1.65 bits per heavy atom. The molecule has 46 heavy (non-hydrogen) atoms. The first-order chi connectivity index (χ1) is 22.2. The lowest BCUT2D eigenvalue weighted by molar-refractivity contribution is -0.122. The molecule has 0 aliphatic carbocycles. The summed E-state index contributed by atoms with van der Waals surface area (Å²) in [6, 6.07) is 28.8. The molecule has 0 aliphatic heterocycles. The number of rotatable bonds is 10. The van der Waals surface area contributed by atoms with Crippen molar-refractivity contribution in [3.8, 4) is 5.75 Å². The predicted molar refractivity (Wildman–Crippen MR) is 184 cm³/mol. The van der Waals surface area contributed by atoms with Gasteiger partial charge in [-0.15, -0.1) is 0 Å². The van der Waals surface area contributed by atoms with Gasteiger partial charge < -0.3 is 20.3 Å². The van der Waals surface area contributed by atoms with Crippen LogP contribution in [0.15, 0.2) is 103 Å². The molecule has 0 fully saturated rings. The zero-order chi connectivity index (χ0) is 32.6. The number of benzene rings is 4. The molecule has 0 spiro atoms. The first kappa shape index (κ1) is 32.2. The molecule has 0 aliphatic rings. The van der Waals surface area contributed by atoms with Crippen LogP contribution < -0.4 is 20.3 Å². The molecule has 0 bridgehead atoms. The summed E-state index contributed by atoms with van der Waals surface area (Å²) < 4.78 is 6.08. The molecule has 10 heteroatoms. The van der Waals surface area contributed by atoms with Crippen LogP contribution in [0.2, 0.25) is 10.0 Å². The number of carbonyl (C=O) groups excluding carboxylic acids is 3. The summed E-state index contributed by atoms with van der Waals surface area (Å²) in [6.07, 6.45) is 2.95. The Balaban J connectivity index is 1.16. The Morgan fingerprint density at radius 1 is 0.891 bits per heavy atom. The third kappa shape index (κ3) is 7.90. The fraction of sp³-hybridized carbons (Fsp3) is 0.111. The Bertz CT molecular complexity index is 1930. The van der Waals surface area contributed by atoms with Gasteiger partial charge in [0.1, 0.15) is 17.9 Å². The second kappa shape index (κ2) is 14.7. The van der Waals surface area contributed by atoms with Gasteiger partial charge in [-0.3, -0.25) is 14.4 Å². The maximum atomic E-state index is 13.0. The van der Waals surface area contributed by atoms with Crippen LogP contribution in [0.25, 0.3) is 17.0 Å². The Hall–Kier alpha value is -5.18. The Labute approximate surface area is 276 Å². The minimum atomic E-state index is -0.446. The highest BCUT2D eigenvalue weighted by molar-refractivity contribution is 6.38. The van der Waals surface area contributed by atoms with Crippen molar-refractivity contribution in [2.75, 3.05) is 23.8 Å². The van der Waals surface area contributed by atoms with Crippen molar-refractivity contribution in [3.05, 3.63) is 136 Å². The molecule has 232 valence electrons. The highest BCUT2D eigenvalue weighted by Gasteiger charge is 2.19. The molecular weight excluding hydrogens is 623 g/mol. The molecule has 8 nitrogen and oxygen atoms in total. The quantitative estimate of drug-likeness (QED) is 0.152. The topological polar surface area (TPSA) is 101 Å². The van der Waals surface area contributed by atoms with Gasteiger partial charge in [-0.2, -0.15) is 0 Å². The first-order valence-corrected chi connectivity index (χ1v) is 15.1. The summed E-state index contributed by atoms with van der Waals surface area (Å²) >= 11 is 13.2. The number of amides is 3. The minimum Gasteiger partial charge on any atom is -0.487 e. The normalized spacial score (nSPS) is 11.0. The summed E-state index contributed by atoms with van der Waals surface area (Å²) in [7, 11) is 1.57. The van der Waals surface area contributed by atoms with E-state index in [9.17, 15) is 14.4 Å². The summed E-state index contributed by atoms with van der Waals surface area (Å²) in [5.74, 6) is -0.455. The summed E-state index contributed by atoms with van der Waals surface area (Å²) in [5, 5.41) is 7.03. The first-order valence-electron chi connectivity index (χ1n) is 14.3. The van der Waals surface area contributed by atoms with Crippen LogP contribution in [0.3, 0.4) is 0 Å². The molecule has 4 aromatic carbocycles. The van der Waals surface area contributed by atoms with E-state index in [1.54, 1.807) is 73.8 Å². The van der Waals surface area contributed by atoms with Crippen LogP contribution in [0.4, 0.5) is 11.4 Å². The lowest BCUT2D eigenvalue weighted by atomic mass is 10.1. The molecule has 5 rings (SSSR count). The van der Waals surface area contributed by atoms with Crippen LogP contribution in [-0.4, -0.2) is 36.3 Å². The summed E-state index contributed by atoms with van der Waals surface area (Å²) in [4.78, 5) is 43.7. The average molecular weight is 654 g/mol. The van der Waals surface area contributed by atoms with E-state index >= 15 is 0 Å². The van der Waals surface area contributed by atoms with E-state index in [0.717, 1.165) is 22.2 Å². The Morgan fingerprint density at radius 3 is 2.41 bits per heavy atom. The van der Waals surface area contributed by atoms with E-state index in [2.05, 4.69) is 15.6 Å². The molecule has 5 aromatic rings. The van der Waals surface area contributed by atoms with Gasteiger partial charge in [0, 0.05) is 46.0 Å². The molecule has 3 amide bonds. The molecule has 0 saturated carbocycles. The number of hydrogen-bond acceptors (Lipinski definition) is 5. The SMILES string of the molecule is Cc1ccc2cccc(OCc3c(Cl)ccc(N(C)C(=O)CNC(=O)/C=C/c4ccc(NC(=O)c5ccccc5)cc4)c3Cl)c2n1. The van der Waals surface area contributed by atoms with Crippen LogP contribution in [0, 0.1) is 6.92 Å². The maximum Gasteiger partial charge on any atom is 0.255 e. The zero-order valence-electron chi connectivity index (χ0n) is 25.1. The standard InChI is InChI=1S/C36H30Cl2N4O4/c1-23-11-15-25-9-6-10-31(35(25)40-23)46-22-28-29(37)18-19-30(34(28)38)42(2)33(44)21-39-32(43)20-14-24-12-16-27(17-13-24)41-36(45)26-7-4-3-5-8-26/h3-20H,21-22H2,1-2H3,(H,39,43)(H,41,45)/b20-14+. The monoisotopic (exact) mass is 652 g/mol. The molecule has 1 aromatic heterocycles. The van der Waals surface area contributed by atoms with Gasteiger partial charge in [-0.05, 0) is 67.1 Å². The Kier molecular flexibility index (Phi) is 10.3. The minimum absolute atomic E-state index is 0.0597. The van der Waals surface area contributed by atoms with E-state index in [4.69, 9.17) is 27.9 Å². The number of fused-ring (bicyclic) bond motifs is 1. The number of aryl methyl sites for hydroxylation is 1. The average Bonchev–Trinajstić information content (AvgIpc) is 3.07. The second-order valence-electron chi connectivity index (χ2n) is 10.4. The number of likely N-dealkylation sites (N-methyl/N-ethyl adjacent to an activating group) is 1. The van der Waals surface area contributed by atoms with E-state index in [0.29, 0.717) is 33.3 Å². The number of hydrogen-bond donors (Lipinski definition) is 2. The van der Waals surface area contributed by atoms with E-state index in [1.807, 2.05) is 43.3 Å². The number of nitrogens with zero attached hydrogens (tertiary/aromatic N) is 2. The smallest absolute Gasteiger partial charge is 0.255 e. The van der Waals surface area contributed by atoms with Gasteiger partial charge in [0.25, 0.3) is 5.91 Å². The third-order valence-electron chi connectivity index (χ3n) is 7.14. The predicted octanol–water partition coefficient (Wildman–Crippen LogP) is 7.47. The number of pyridine rings is 1.